The summed E-state index contributed by atoms with van der Waals surface area (Å²) in [5.41, 5.74) is 0.854. The number of halogens is 4. The van der Waals surface area contributed by atoms with Gasteiger partial charge < -0.3 is 10.1 Å². The summed E-state index contributed by atoms with van der Waals surface area (Å²) in [5, 5.41) is 3.51. The third kappa shape index (κ3) is 4.27. The molecule has 0 amide bonds. The van der Waals surface area contributed by atoms with Crippen LogP contribution in [0.25, 0.3) is 0 Å². The van der Waals surface area contributed by atoms with E-state index in [0.717, 1.165) is 12.0 Å². The van der Waals surface area contributed by atoms with Crippen molar-refractivity contribution in [2.45, 2.75) is 44.4 Å². The maximum absolute atomic E-state index is 13.0. The van der Waals surface area contributed by atoms with Crippen LogP contribution in [0.2, 0.25) is 5.02 Å². The minimum absolute atomic E-state index is 0.213. The van der Waals surface area contributed by atoms with Crippen LogP contribution in [-0.4, -0.2) is 19.3 Å². The van der Waals surface area contributed by atoms with Gasteiger partial charge in [0.15, 0.2) is 0 Å². The number of benzene rings is 1. The molecule has 0 radical (unpaired) electrons. The fourth-order valence-corrected chi connectivity index (χ4v) is 3.12. The molecule has 21 heavy (non-hydrogen) atoms. The Kier molecular flexibility index (Phi) is 5.38. The van der Waals surface area contributed by atoms with Crippen molar-refractivity contribution in [2.24, 2.45) is 5.92 Å². The van der Waals surface area contributed by atoms with Gasteiger partial charge in [-0.25, -0.2) is 0 Å². The molecule has 2 atom stereocenters. The Morgan fingerprint density at radius 2 is 2.00 bits per heavy atom. The minimum Gasteiger partial charge on any atom is -0.495 e. The Labute approximate surface area is 127 Å². The van der Waals surface area contributed by atoms with Crippen LogP contribution in [0.4, 0.5) is 13.2 Å². The molecule has 1 fully saturated rings. The van der Waals surface area contributed by atoms with E-state index in [1.165, 1.54) is 7.11 Å². The fourth-order valence-electron chi connectivity index (χ4n) is 2.84. The van der Waals surface area contributed by atoms with Crippen LogP contribution in [0.3, 0.4) is 0 Å². The molecule has 0 aromatic heterocycles. The second-order valence-electron chi connectivity index (χ2n) is 5.39. The molecule has 0 bridgehead atoms. The predicted molar refractivity (Wildman–Crippen MR) is 76.6 cm³/mol. The number of hydrogen-bond donors (Lipinski definition) is 1. The molecule has 1 N–H and O–H groups in total. The van der Waals surface area contributed by atoms with Crippen LogP contribution in [0.5, 0.6) is 5.75 Å². The van der Waals surface area contributed by atoms with Gasteiger partial charge in [0.1, 0.15) is 5.75 Å². The summed E-state index contributed by atoms with van der Waals surface area (Å²) in [6.07, 6.45) is -1.86. The lowest BCUT2D eigenvalue weighted by Crippen LogP contribution is -2.45. The normalized spacial score (nSPS) is 23.1. The summed E-state index contributed by atoms with van der Waals surface area (Å²) in [6.45, 7) is 0.376. The summed E-state index contributed by atoms with van der Waals surface area (Å²) in [7, 11) is 1.52. The smallest absolute Gasteiger partial charge is 0.393 e. The van der Waals surface area contributed by atoms with Gasteiger partial charge in [-0.05, 0) is 30.5 Å². The molecule has 1 aliphatic rings. The summed E-state index contributed by atoms with van der Waals surface area (Å²) < 4.78 is 44.1. The van der Waals surface area contributed by atoms with Crippen molar-refractivity contribution < 1.29 is 17.9 Å². The van der Waals surface area contributed by atoms with Gasteiger partial charge in [0, 0.05) is 12.6 Å². The van der Waals surface area contributed by atoms with Crippen LogP contribution in [0, 0.1) is 5.92 Å². The number of rotatable bonds is 4. The highest BCUT2D eigenvalue weighted by Crippen LogP contribution is 2.37. The van der Waals surface area contributed by atoms with Crippen molar-refractivity contribution in [1.82, 2.24) is 5.32 Å². The zero-order valence-corrected chi connectivity index (χ0v) is 12.6. The van der Waals surface area contributed by atoms with Gasteiger partial charge >= 0.3 is 6.18 Å². The third-order valence-electron chi connectivity index (χ3n) is 3.97. The van der Waals surface area contributed by atoms with Gasteiger partial charge in [-0.2, -0.15) is 13.2 Å². The van der Waals surface area contributed by atoms with Crippen LogP contribution < -0.4 is 10.1 Å². The Hall–Kier alpha value is -0.940. The van der Waals surface area contributed by atoms with Gasteiger partial charge in [-0.15, -0.1) is 0 Å². The van der Waals surface area contributed by atoms with E-state index in [1.54, 1.807) is 12.1 Å². The largest absolute Gasteiger partial charge is 0.495 e. The molecule has 2 unspecified atom stereocenters. The summed E-state index contributed by atoms with van der Waals surface area (Å²) in [6, 6.07) is 4.74. The molecule has 6 heteroatoms. The van der Waals surface area contributed by atoms with Crippen LogP contribution in [0.1, 0.15) is 31.2 Å². The summed E-state index contributed by atoms with van der Waals surface area (Å²) >= 11 is 6.02. The van der Waals surface area contributed by atoms with Gasteiger partial charge in [0.2, 0.25) is 0 Å². The van der Waals surface area contributed by atoms with E-state index in [0.29, 0.717) is 30.2 Å². The number of alkyl halides is 3. The molecule has 0 heterocycles. The first kappa shape index (κ1) is 16.4. The molecule has 1 aromatic carbocycles. The molecule has 1 aliphatic carbocycles. The monoisotopic (exact) mass is 321 g/mol. The Morgan fingerprint density at radius 3 is 2.62 bits per heavy atom. The van der Waals surface area contributed by atoms with Crippen molar-refractivity contribution in [2.75, 3.05) is 7.11 Å². The van der Waals surface area contributed by atoms with Crippen molar-refractivity contribution in [3.63, 3.8) is 0 Å². The Morgan fingerprint density at radius 1 is 1.29 bits per heavy atom. The predicted octanol–water partition coefficient (Wildman–Crippen LogP) is 4.56. The molecule has 1 saturated carbocycles. The van der Waals surface area contributed by atoms with Crippen LogP contribution in [-0.2, 0) is 6.54 Å². The highest BCUT2D eigenvalue weighted by atomic mass is 35.5. The molecule has 2 rings (SSSR count). The maximum atomic E-state index is 13.0. The van der Waals surface area contributed by atoms with Gasteiger partial charge in [-0.3, -0.25) is 0 Å². The highest BCUT2D eigenvalue weighted by molar-refractivity contribution is 6.32. The second-order valence-corrected chi connectivity index (χ2v) is 5.80. The van der Waals surface area contributed by atoms with E-state index in [1.807, 2.05) is 6.07 Å². The van der Waals surface area contributed by atoms with E-state index in [4.69, 9.17) is 16.3 Å². The average molecular weight is 322 g/mol. The second kappa shape index (κ2) is 6.88. The standard InChI is InChI=1S/C15H19ClF3NO/c1-21-14-7-6-10(8-12(14)16)9-20-13-5-3-2-4-11(13)15(17,18)19/h6-8,11,13,20H,2-5,9H2,1H3. The van der Waals surface area contributed by atoms with E-state index in [2.05, 4.69) is 5.32 Å². The zero-order valence-electron chi connectivity index (χ0n) is 11.8. The van der Waals surface area contributed by atoms with E-state index < -0.39 is 18.1 Å². The van der Waals surface area contributed by atoms with Gasteiger partial charge in [0.05, 0.1) is 18.1 Å². The fraction of sp³-hybridized carbons (Fsp3) is 0.600. The maximum Gasteiger partial charge on any atom is 0.393 e. The van der Waals surface area contributed by atoms with Gasteiger partial charge in [0.25, 0.3) is 0 Å². The van der Waals surface area contributed by atoms with Crippen molar-refractivity contribution in [1.29, 1.82) is 0 Å². The van der Waals surface area contributed by atoms with Gasteiger partial charge in [-0.1, -0.05) is 30.5 Å². The lowest BCUT2D eigenvalue weighted by atomic mass is 9.84. The highest BCUT2D eigenvalue weighted by Gasteiger charge is 2.45. The topological polar surface area (TPSA) is 21.3 Å². The lowest BCUT2D eigenvalue weighted by Gasteiger charge is -2.33. The molecule has 2 nitrogen and oxygen atoms in total. The molecule has 0 spiro atoms. The molecular formula is C15H19ClF3NO. The molecule has 0 saturated heterocycles. The van der Waals surface area contributed by atoms with Crippen molar-refractivity contribution >= 4 is 11.6 Å². The Balaban J connectivity index is 1.99. The zero-order chi connectivity index (χ0) is 15.5. The first-order chi connectivity index (χ1) is 9.91. The van der Waals surface area contributed by atoms with Crippen LogP contribution in [0.15, 0.2) is 18.2 Å². The first-order valence-corrected chi connectivity index (χ1v) is 7.42. The van der Waals surface area contributed by atoms with E-state index in [-0.39, 0.29) is 6.42 Å². The average Bonchev–Trinajstić information content (AvgIpc) is 2.44. The first-order valence-electron chi connectivity index (χ1n) is 7.04. The van der Waals surface area contributed by atoms with Crippen molar-refractivity contribution in [3.8, 4) is 5.75 Å². The number of hydrogen-bond acceptors (Lipinski definition) is 2. The number of nitrogens with one attached hydrogen (secondary N) is 1. The van der Waals surface area contributed by atoms with Crippen molar-refractivity contribution in [3.05, 3.63) is 28.8 Å². The lowest BCUT2D eigenvalue weighted by molar-refractivity contribution is -0.189. The summed E-state index contributed by atoms with van der Waals surface area (Å²) in [5.74, 6) is -0.689. The number of ether oxygens (including phenoxy) is 1. The molecular weight excluding hydrogens is 303 g/mol. The molecule has 0 aliphatic heterocycles. The molecule has 118 valence electrons. The Bertz CT molecular complexity index is 478. The minimum atomic E-state index is -4.13. The van der Waals surface area contributed by atoms with E-state index in [9.17, 15) is 13.2 Å². The number of methoxy groups -OCH3 is 1. The van der Waals surface area contributed by atoms with E-state index >= 15 is 0 Å². The summed E-state index contributed by atoms with van der Waals surface area (Å²) in [4.78, 5) is 0. The quantitative estimate of drug-likeness (QED) is 0.877. The van der Waals surface area contributed by atoms with Crippen LogP contribution >= 0.6 is 11.6 Å². The molecule has 1 aromatic rings. The SMILES string of the molecule is COc1ccc(CNC2CCCCC2C(F)(F)F)cc1Cl. The third-order valence-corrected chi connectivity index (χ3v) is 4.27.